The van der Waals surface area contributed by atoms with E-state index in [9.17, 15) is 4.79 Å². The number of hydrogen-bond acceptors (Lipinski definition) is 3. The number of hydrogen-bond donors (Lipinski definition) is 1. The zero-order valence-corrected chi connectivity index (χ0v) is 10.8. The van der Waals surface area contributed by atoms with E-state index in [-0.39, 0.29) is 11.7 Å². The van der Waals surface area contributed by atoms with E-state index in [4.69, 9.17) is 9.84 Å². The third-order valence-electron chi connectivity index (χ3n) is 3.31. The second kappa shape index (κ2) is 5.40. The molecule has 18 heavy (non-hydrogen) atoms. The molecule has 0 aromatic heterocycles. The van der Waals surface area contributed by atoms with Crippen LogP contribution in [0.3, 0.4) is 0 Å². The lowest BCUT2D eigenvalue weighted by Crippen LogP contribution is -2.30. The maximum absolute atomic E-state index is 10.7. The fraction of sp³-hybridized carbons (Fsp3) is 0.500. The minimum atomic E-state index is -0.909. The standard InChI is InChI=1S/C14H19NO3/c1-10(2)15-8-7-13(9-15)18-12-5-3-11(4-6-12)14(16)17/h3-6,10,13H,7-9H2,1-2H3,(H,16,17). The summed E-state index contributed by atoms with van der Waals surface area (Å²) in [6, 6.07) is 7.15. The Hall–Kier alpha value is -1.55. The van der Waals surface area contributed by atoms with Crippen molar-refractivity contribution >= 4 is 5.97 Å². The third-order valence-corrected chi connectivity index (χ3v) is 3.31. The summed E-state index contributed by atoms with van der Waals surface area (Å²) < 4.78 is 5.86. The molecule has 0 saturated carbocycles. The van der Waals surface area contributed by atoms with Crippen molar-refractivity contribution in [2.24, 2.45) is 0 Å². The fourth-order valence-electron chi connectivity index (χ4n) is 2.19. The van der Waals surface area contributed by atoms with Gasteiger partial charge in [0.05, 0.1) is 5.56 Å². The monoisotopic (exact) mass is 249 g/mol. The molecule has 0 amide bonds. The zero-order chi connectivity index (χ0) is 13.1. The summed E-state index contributed by atoms with van der Waals surface area (Å²) in [5.74, 6) is -0.163. The van der Waals surface area contributed by atoms with Gasteiger partial charge in [0, 0.05) is 19.1 Å². The molecule has 1 atom stereocenters. The minimum absolute atomic E-state index is 0.211. The van der Waals surface area contributed by atoms with Gasteiger partial charge in [-0.3, -0.25) is 4.90 Å². The first kappa shape index (κ1) is 12.9. The van der Waals surface area contributed by atoms with E-state index in [0.29, 0.717) is 6.04 Å². The predicted octanol–water partition coefficient (Wildman–Crippen LogP) is 2.25. The van der Waals surface area contributed by atoms with Crippen LogP contribution in [0.15, 0.2) is 24.3 Å². The highest BCUT2D eigenvalue weighted by Crippen LogP contribution is 2.20. The third kappa shape index (κ3) is 3.01. The first-order valence-corrected chi connectivity index (χ1v) is 6.30. The first-order chi connectivity index (χ1) is 8.56. The summed E-state index contributed by atoms with van der Waals surface area (Å²) in [4.78, 5) is 13.1. The predicted molar refractivity (Wildman–Crippen MR) is 69.1 cm³/mol. The van der Waals surface area contributed by atoms with E-state index in [1.807, 2.05) is 0 Å². The van der Waals surface area contributed by atoms with Crippen molar-refractivity contribution in [3.05, 3.63) is 29.8 Å². The molecule has 1 saturated heterocycles. The molecule has 1 aromatic carbocycles. The van der Waals surface area contributed by atoms with Gasteiger partial charge in [-0.2, -0.15) is 0 Å². The van der Waals surface area contributed by atoms with E-state index in [0.717, 1.165) is 25.3 Å². The number of aromatic carboxylic acids is 1. The first-order valence-electron chi connectivity index (χ1n) is 6.30. The average molecular weight is 249 g/mol. The number of rotatable bonds is 4. The van der Waals surface area contributed by atoms with E-state index >= 15 is 0 Å². The molecule has 2 rings (SSSR count). The van der Waals surface area contributed by atoms with Gasteiger partial charge in [-0.25, -0.2) is 4.79 Å². The van der Waals surface area contributed by atoms with Crippen molar-refractivity contribution in [3.63, 3.8) is 0 Å². The molecule has 0 spiro atoms. The quantitative estimate of drug-likeness (QED) is 0.889. The number of benzene rings is 1. The highest BCUT2D eigenvalue weighted by atomic mass is 16.5. The van der Waals surface area contributed by atoms with Crippen molar-refractivity contribution in [1.82, 2.24) is 4.90 Å². The van der Waals surface area contributed by atoms with E-state index < -0.39 is 5.97 Å². The smallest absolute Gasteiger partial charge is 0.335 e. The Labute approximate surface area is 107 Å². The zero-order valence-electron chi connectivity index (χ0n) is 10.8. The van der Waals surface area contributed by atoms with Gasteiger partial charge in [-0.1, -0.05) is 0 Å². The van der Waals surface area contributed by atoms with Crippen LogP contribution in [0.4, 0.5) is 0 Å². The van der Waals surface area contributed by atoms with Crippen LogP contribution in [-0.2, 0) is 0 Å². The van der Waals surface area contributed by atoms with Crippen molar-refractivity contribution in [2.75, 3.05) is 13.1 Å². The maximum atomic E-state index is 10.7. The van der Waals surface area contributed by atoms with Gasteiger partial charge < -0.3 is 9.84 Å². The maximum Gasteiger partial charge on any atom is 0.335 e. The van der Waals surface area contributed by atoms with Gasteiger partial charge >= 0.3 is 5.97 Å². The second-order valence-electron chi connectivity index (χ2n) is 4.95. The molecule has 4 heteroatoms. The molecule has 1 unspecified atom stereocenters. The number of likely N-dealkylation sites (tertiary alicyclic amines) is 1. The largest absolute Gasteiger partial charge is 0.489 e. The van der Waals surface area contributed by atoms with Gasteiger partial charge in [-0.15, -0.1) is 0 Å². The van der Waals surface area contributed by atoms with Crippen LogP contribution in [0.5, 0.6) is 5.75 Å². The minimum Gasteiger partial charge on any atom is -0.489 e. The molecule has 1 aromatic rings. The van der Waals surface area contributed by atoms with E-state index in [1.54, 1.807) is 24.3 Å². The lowest BCUT2D eigenvalue weighted by molar-refractivity contribution is 0.0697. The van der Waals surface area contributed by atoms with Crippen LogP contribution in [0.25, 0.3) is 0 Å². The SMILES string of the molecule is CC(C)N1CCC(Oc2ccc(C(=O)O)cc2)C1. The van der Waals surface area contributed by atoms with Crippen LogP contribution in [-0.4, -0.2) is 41.2 Å². The average Bonchev–Trinajstić information content (AvgIpc) is 2.78. The molecule has 98 valence electrons. The molecule has 4 nitrogen and oxygen atoms in total. The van der Waals surface area contributed by atoms with Gasteiger partial charge in [0.1, 0.15) is 11.9 Å². The second-order valence-corrected chi connectivity index (χ2v) is 4.95. The van der Waals surface area contributed by atoms with Crippen molar-refractivity contribution < 1.29 is 14.6 Å². The van der Waals surface area contributed by atoms with Crippen molar-refractivity contribution in [3.8, 4) is 5.75 Å². The lowest BCUT2D eigenvalue weighted by Gasteiger charge is -2.20. The number of carboxylic acids is 1. The van der Waals surface area contributed by atoms with E-state index in [2.05, 4.69) is 18.7 Å². The number of ether oxygens (including phenoxy) is 1. The van der Waals surface area contributed by atoms with Crippen LogP contribution in [0.2, 0.25) is 0 Å². The van der Waals surface area contributed by atoms with Gasteiger partial charge in [0.15, 0.2) is 0 Å². The molecule has 0 aliphatic carbocycles. The Morgan fingerprint density at radius 1 is 1.39 bits per heavy atom. The van der Waals surface area contributed by atoms with Crippen LogP contribution < -0.4 is 4.74 Å². The van der Waals surface area contributed by atoms with Crippen molar-refractivity contribution in [2.45, 2.75) is 32.4 Å². The molecule has 1 fully saturated rings. The Morgan fingerprint density at radius 2 is 2.06 bits per heavy atom. The number of carbonyl (C=O) groups is 1. The Bertz CT molecular complexity index is 414. The van der Waals surface area contributed by atoms with E-state index in [1.165, 1.54) is 0 Å². The number of carboxylic acid groups (broad SMARTS) is 1. The summed E-state index contributed by atoms with van der Waals surface area (Å²) in [5.41, 5.74) is 0.289. The van der Waals surface area contributed by atoms with Crippen molar-refractivity contribution in [1.29, 1.82) is 0 Å². The Balaban J connectivity index is 1.92. The van der Waals surface area contributed by atoms with Crippen LogP contribution >= 0.6 is 0 Å². The normalized spacial score (nSPS) is 20.3. The van der Waals surface area contributed by atoms with Gasteiger partial charge in [0.25, 0.3) is 0 Å². The molecular formula is C14H19NO3. The summed E-state index contributed by atoms with van der Waals surface area (Å²) >= 11 is 0. The topological polar surface area (TPSA) is 49.8 Å². The molecule has 1 N–H and O–H groups in total. The Morgan fingerprint density at radius 3 is 2.56 bits per heavy atom. The molecule has 1 heterocycles. The molecule has 0 radical (unpaired) electrons. The summed E-state index contributed by atoms with van der Waals surface area (Å²) in [6.45, 7) is 6.38. The summed E-state index contributed by atoms with van der Waals surface area (Å²) in [6.07, 6.45) is 1.24. The van der Waals surface area contributed by atoms with Gasteiger partial charge in [0.2, 0.25) is 0 Å². The van der Waals surface area contributed by atoms with Gasteiger partial charge in [-0.05, 0) is 44.5 Å². The molecule has 1 aliphatic rings. The van der Waals surface area contributed by atoms with Crippen LogP contribution in [0, 0.1) is 0 Å². The highest BCUT2D eigenvalue weighted by molar-refractivity contribution is 5.87. The molecule has 0 bridgehead atoms. The molecule has 1 aliphatic heterocycles. The summed E-state index contributed by atoms with van der Waals surface area (Å²) in [5, 5.41) is 8.81. The lowest BCUT2D eigenvalue weighted by atomic mass is 10.2. The van der Waals surface area contributed by atoms with Crippen LogP contribution in [0.1, 0.15) is 30.6 Å². The molecular weight excluding hydrogens is 230 g/mol. The fourth-order valence-corrected chi connectivity index (χ4v) is 2.19. The Kier molecular flexibility index (Phi) is 3.87. The summed E-state index contributed by atoms with van der Waals surface area (Å²) in [7, 11) is 0. The highest BCUT2D eigenvalue weighted by Gasteiger charge is 2.25. The number of nitrogens with zero attached hydrogens (tertiary/aromatic N) is 1.